The highest BCUT2D eigenvalue weighted by Crippen LogP contribution is 2.20. The molecule has 200 valence electrons. The summed E-state index contributed by atoms with van der Waals surface area (Å²) in [5, 5.41) is 15.1. The molecule has 0 aliphatic carbocycles. The van der Waals surface area contributed by atoms with Crippen LogP contribution in [0.15, 0.2) is 42.9 Å². The largest absolute Gasteiger partial charge is 0.480 e. The standard InChI is InChI=1S/C26H36N6O5/c1-16(2)11-20(30-23(33)19(27)13-18-14-28-15-29-18)24(34)31-21(12-17-7-4-3-5-8-17)25(35)32-10-6-9-22(32)26(36)37/h3-5,7-8,14-16,19-22H,6,9-13,27H2,1-2H3,(H,28,29)(H,30,33)(H,31,34)(H,36,37). The minimum absolute atomic E-state index is 0.0677. The Labute approximate surface area is 216 Å². The number of likely N-dealkylation sites (tertiary alicyclic amines) is 1. The fourth-order valence-corrected chi connectivity index (χ4v) is 4.52. The number of amides is 3. The highest BCUT2D eigenvalue weighted by molar-refractivity contribution is 5.94. The van der Waals surface area contributed by atoms with Gasteiger partial charge in [0.15, 0.2) is 0 Å². The van der Waals surface area contributed by atoms with Gasteiger partial charge in [-0.15, -0.1) is 0 Å². The lowest BCUT2D eigenvalue weighted by Crippen LogP contribution is -2.58. The number of aromatic amines is 1. The number of aliphatic carboxylic acids is 1. The van der Waals surface area contributed by atoms with Crippen molar-refractivity contribution in [2.45, 2.75) is 70.1 Å². The number of carboxylic acids is 1. The zero-order chi connectivity index (χ0) is 26.9. The second-order valence-electron chi connectivity index (χ2n) is 9.86. The van der Waals surface area contributed by atoms with Crippen molar-refractivity contribution in [3.05, 3.63) is 54.1 Å². The lowest BCUT2D eigenvalue weighted by Gasteiger charge is -2.29. The van der Waals surface area contributed by atoms with Gasteiger partial charge in [-0.2, -0.15) is 0 Å². The Bertz CT molecular complexity index is 1060. The van der Waals surface area contributed by atoms with Gasteiger partial charge in [0.1, 0.15) is 18.1 Å². The molecule has 1 aliphatic heterocycles. The molecule has 11 nitrogen and oxygen atoms in total. The Kier molecular flexibility index (Phi) is 9.78. The molecule has 0 spiro atoms. The van der Waals surface area contributed by atoms with E-state index in [1.165, 1.54) is 11.2 Å². The molecule has 11 heteroatoms. The molecule has 37 heavy (non-hydrogen) atoms. The smallest absolute Gasteiger partial charge is 0.326 e. The number of benzene rings is 1. The number of nitrogens with zero attached hydrogens (tertiary/aromatic N) is 2. The zero-order valence-corrected chi connectivity index (χ0v) is 21.2. The number of nitrogens with one attached hydrogen (secondary N) is 3. The van der Waals surface area contributed by atoms with Crippen molar-refractivity contribution in [3.8, 4) is 0 Å². The van der Waals surface area contributed by atoms with E-state index in [-0.39, 0.29) is 18.8 Å². The van der Waals surface area contributed by atoms with Gasteiger partial charge in [0.05, 0.1) is 12.4 Å². The summed E-state index contributed by atoms with van der Waals surface area (Å²) >= 11 is 0. The van der Waals surface area contributed by atoms with Crippen molar-refractivity contribution in [2.24, 2.45) is 11.7 Å². The third kappa shape index (κ3) is 7.88. The number of carboxylic acid groups (broad SMARTS) is 1. The normalized spacial score (nSPS) is 17.7. The molecule has 2 aromatic rings. The zero-order valence-electron chi connectivity index (χ0n) is 21.2. The summed E-state index contributed by atoms with van der Waals surface area (Å²) in [6.45, 7) is 4.15. The number of carbonyl (C=O) groups excluding carboxylic acids is 3. The molecule has 3 amide bonds. The molecule has 4 unspecified atom stereocenters. The van der Waals surface area contributed by atoms with E-state index >= 15 is 0 Å². The number of rotatable bonds is 12. The maximum absolute atomic E-state index is 13.5. The van der Waals surface area contributed by atoms with Crippen LogP contribution in [0.1, 0.15) is 44.4 Å². The molecule has 1 aromatic carbocycles. The van der Waals surface area contributed by atoms with E-state index in [9.17, 15) is 24.3 Å². The topological polar surface area (TPSA) is 171 Å². The maximum atomic E-state index is 13.5. The van der Waals surface area contributed by atoms with Gasteiger partial charge in [-0.1, -0.05) is 44.2 Å². The van der Waals surface area contributed by atoms with E-state index in [4.69, 9.17) is 5.73 Å². The summed E-state index contributed by atoms with van der Waals surface area (Å²) in [4.78, 5) is 59.6. The van der Waals surface area contributed by atoms with Crippen LogP contribution >= 0.6 is 0 Å². The van der Waals surface area contributed by atoms with Gasteiger partial charge in [0.25, 0.3) is 0 Å². The van der Waals surface area contributed by atoms with E-state index in [0.717, 1.165) is 5.56 Å². The molecule has 3 rings (SSSR count). The van der Waals surface area contributed by atoms with Crippen LogP contribution in [-0.2, 0) is 32.0 Å². The van der Waals surface area contributed by atoms with E-state index in [0.29, 0.717) is 31.5 Å². The molecule has 1 fully saturated rings. The third-order valence-corrected chi connectivity index (χ3v) is 6.39. The summed E-state index contributed by atoms with van der Waals surface area (Å²) in [5.41, 5.74) is 7.57. The van der Waals surface area contributed by atoms with E-state index in [1.807, 2.05) is 44.2 Å². The second-order valence-corrected chi connectivity index (χ2v) is 9.86. The average molecular weight is 513 g/mol. The first-order chi connectivity index (χ1) is 17.7. The van der Waals surface area contributed by atoms with E-state index in [2.05, 4.69) is 20.6 Å². The predicted molar refractivity (Wildman–Crippen MR) is 136 cm³/mol. The Morgan fingerprint density at radius 3 is 2.43 bits per heavy atom. The number of carbonyl (C=O) groups is 4. The Balaban J connectivity index is 1.76. The fraction of sp³-hybridized carbons (Fsp3) is 0.500. The van der Waals surface area contributed by atoms with Crippen LogP contribution in [0.25, 0.3) is 0 Å². The SMILES string of the molecule is CC(C)CC(NC(=O)C(N)Cc1cnc[nH]1)C(=O)NC(Cc1ccccc1)C(=O)N1CCCC1C(=O)O. The van der Waals surface area contributed by atoms with Gasteiger partial charge in [-0.05, 0) is 30.7 Å². The first kappa shape index (κ1) is 27.9. The quantitative estimate of drug-likeness (QED) is 0.277. The van der Waals surface area contributed by atoms with Crippen molar-refractivity contribution in [2.75, 3.05) is 6.54 Å². The summed E-state index contributed by atoms with van der Waals surface area (Å²) < 4.78 is 0. The van der Waals surface area contributed by atoms with Crippen LogP contribution in [0.4, 0.5) is 0 Å². The molecule has 1 saturated heterocycles. The Morgan fingerprint density at radius 2 is 1.81 bits per heavy atom. The number of nitrogens with two attached hydrogens (primary N) is 1. The number of hydrogen-bond donors (Lipinski definition) is 5. The van der Waals surface area contributed by atoms with Gasteiger partial charge < -0.3 is 31.4 Å². The monoisotopic (exact) mass is 512 g/mol. The van der Waals surface area contributed by atoms with E-state index < -0.39 is 47.9 Å². The Morgan fingerprint density at radius 1 is 1.11 bits per heavy atom. The molecule has 1 aliphatic rings. The molecular formula is C26H36N6O5. The Hall–Kier alpha value is -3.73. The average Bonchev–Trinajstić information content (AvgIpc) is 3.55. The van der Waals surface area contributed by atoms with Crippen molar-refractivity contribution >= 4 is 23.7 Å². The van der Waals surface area contributed by atoms with Crippen molar-refractivity contribution < 1.29 is 24.3 Å². The molecule has 4 atom stereocenters. The molecular weight excluding hydrogens is 476 g/mol. The van der Waals surface area contributed by atoms with Crippen molar-refractivity contribution in [1.29, 1.82) is 0 Å². The molecule has 0 saturated carbocycles. The van der Waals surface area contributed by atoms with Crippen LogP contribution in [-0.4, -0.2) is 74.4 Å². The summed E-state index contributed by atoms with van der Waals surface area (Å²) in [5.74, 6) is -2.46. The van der Waals surface area contributed by atoms with Crippen molar-refractivity contribution in [1.82, 2.24) is 25.5 Å². The van der Waals surface area contributed by atoms with Crippen LogP contribution in [0, 0.1) is 5.92 Å². The molecule has 0 radical (unpaired) electrons. The minimum atomic E-state index is -1.06. The lowest BCUT2D eigenvalue weighted by atomic mass is 10.00. The van der Waals surface area contributed by atoms with Crippen LogP contribution < -0.4 is 16.4 Å². The summed E-state index contributed by atoms with van der Waals surface area (Å²) in [7, 11) is 0. The highest BCUT2D eigenvalue weighted by atomic mass is 16.4. The first-order valence-electron chi connectivity index (χ1n) is 12.6. The summed E-state index contributed by atoms with van der Waals surface area (Å²) in [6, 6.07) is 5.47. The number of H-pyrrole nitrogens is 1. The third-order valence-electron chi connectivity index (χ3n) is 6.39. The van der Waals surface area contributed by atoms with Crippen LogP contribution in [0.3, 0.4) is 0 Å². The number of imidazole rings is 1. The number of hydrogen-bond acceptors (Lipinski definition) is 6. The van der Waals surface area contributed by atoms with E-state index in [1.54, 1.807) is 6.20 Å². The highest BCUT2D eigenvalue weighted by Gasteiger charge is 2.38. The number of aromatic nitrogens is 2. The minimum Gasteiger partial charge on any atom is -0.480 e. The van der Waals surface area contributed by atoms with Gasteiger partial charge >= 0.3 is 5.97 Å². The molecule has 1 aromatic heterocycles. The molecule has 2 heterocycles. The molecule has 0 bridgehead atoms. The van der Waals surface area contributed by atoms with Crippen molar-refractivity contribution in [3.63, 3.8) is 0 Å². The first-order valence-corrected chi connectivity index (χ1v) is 12.6. The lowest BCUT2D eigenvalue weighted by molar-refractivity contribution is -0.149. The second kappa shape index (κ2) is 13.0. The fourth-order valence-electron chi connectivity index (χ4n) is 4.52. The van der Waals surface area contributed by atoms with Crippen LogP contribution in [0.5, 0.6) is 0 Å². The molecule has 6 N–H and O–H groups in total. The predicted octanol–water partition coefficient (Wildman–Crippen LogP) is 0.614. The maximum Gasteiger partial charge on any atom is 0.326 e. The van der Waals surface area contributed by atoms with Gasteiger partial charge in [0.2, 0.25) is 17.7 Å². The van der Waals surface area contributed by atoms with Gasteiger partial charge in [-0.3, -0.25) is 14.4 Å². The van der Waals surface area contributed by atoms with Gasteiger partial charge in [-0.25, -0.2) is 9.78 Å². The van der Waals surface area contributed by atoms with Gasteiger partial charge in [0, 0.05) is 31.3 Å². The van der Waals surface area contributed by atoms with Crippen LogP contribution in [0.2, 0.25) is 0 Å². The summed E-state index contributed by atoms with van der Waals surface area (Å²) in [6.07, 6.45) is 4.77.